The number of rotatable bonds is 5. The van der Waals surface area contributed by atoms with Crippen LogP contribution in [0.15, 0.2) is 71.6 Å². The molecule has 0 saturated carbocycles. The molecule has 1 aliphatic rings. The van der Waals surface area contributed by atoms with Crippen LogP contribution >= 0.6 is 0 Å². The number of hydrogen-bond donors (Lipinski definition) is 1. The van der Waals surface area contributed by atoms with E-state index in [-0.39, 0.29) is 28.8 Å². The fourth-order valence-electron chi connectivity index (χ4n) is 4.29. The molecule has 1 N–H and O–H groups in total. The molecule has 1 aliphatic heterocycles. The van der Waals surface area contributed by atoms with Crippen LogP contribution in [0.2, 0.25) is 0 Å². The largest absolute Gasteiger partial charge is 0.353 e. The molecule has 1 heterocycles. The topological polar surface area (TPSA) is 66.5 Å². The van der Waals surface area contributed by atoms with Crippen LogP contribution in [0.5, 0.6) is 0 Å². The van der Waals surface area contributed by atoms with E-state index in [4.69, 9.17) is 0 Å². The Morgan fingerprint density at radius 2 is 1.74 bits per heavy atom. The highest BCUT2D eigenvalue weighted by Gasteiger charge is 2.40. The number of carbonyl (C=O) groups excluding carboxylic acids is 1. The van der Waals surface area contributed by atoms with Crippen LogP contribution in [0.3, 0.4) is 0 Å². The molecule has 31 heavy (non-hydrogen) atoms. The van der Waals surface area contributed by atoms with Gasteiger partial charge >= 0.3 is 0 Å². The third-order valence-electron chi connectivity index (χ3n) is 6.12. The molecule has 3 aromatic rings. The Morgan fingerprint density at radius 3 is 2.48 bits per heavy atom. The van der Waals surface area contributed by atoms with Gasteiger partial charge in [-0.2, -0.15) is 0 Å². The van der Waals surface area contributed by atoms with Gasteiger partial charge in [0.2, 0.25) is 5.91 Å². The summed E-state index contributed by atoms with van der Waals surface area (Å²) in [5.41, 5.74) is 1.34. The van der Waals surface area contributed by atoms with E-state index in [2.05, 4.69) is 5.32 Å². The minimum atomic E-state index is -3.79. The summed E-state index contributed by atoms with van der Waals surface area (Å²) in [4.78, 5) is 13.2. The molecule has 0 fully saturated rings. The Balaban J connectivity index is 1.76. The molecule has 4 rings (SSSR count). The molecule has 3 aromatic carbocycles. The average Bonchev–Trinajstić information content (AvgIpc) is 2.77. The number of para-hydroxylation sites is 1. The molecular formula is C25H28N2O3S. The van der Waals surface area contributed by atoms with Crippen LogP contribution in [-0.2, 0) is 14.8 Å². The highest BCUT2D eigenvalue weighted by Crippen LogP contribution is 2.41. The van der Waals surface area contributed by atoms with Crippen LogP contribution in [0.1, 0.15) is 45.1 Å². The molecule has 0 radical (unpaired) electrons. The number of benzene rings is 3. The van der Waals surface area contributed by atoms with E-state index < -0.39 is 10.0 Å². The maximum atomic E-state index is 13.7. The molecule has 0 bridgehead atoms. The summed E-state index contributed by atoms with van der Waals surface area (Å²) in [6, 6.07) is 20.0. The Bertz CT molecular complexity index is 1220. The summed E-state index contributed by atoms with van der Waals surface area (Å²) in [7, 11) is -3.79. The maximum absolute atomic E-state index is 13.7. The van der Waals surface area contributed by atoms with Crippen molar-refractivity contribution < 1.29 is 13.2 Å². The molecule has 0 saturated heterocycles. The summed E-state index contributed by atoms with van der Waals surface area (Å²) >= 11 is 0. The summed E-state index contributed by atoms with van der Waals surface area (Å²) < 4.78 is 28.9. The molecule has 3 atom stereocenters. The highest BCUT2D eigenvalue weighted by atomic mass is 32.2. The molecule has 1 amide bonds. The lowest BCUT2D eigenvalue weighted by Gasteiger charge is -2.39. The van der Waals surface area contributed by atoms with Crippen LogP contribution in [0.25, 0.3) is 10.8 Å². The highest BCUT2D eigenvalue weighted by molar-refractivity contribution is 7.92. The third kappa shape index (κ3) is 3.92. The van der Waals surface area contributed by atoms with Crippen molar-refractivity contribution in [3.8, 4) is 0 Å². The Hall–Kier alpha value is -2.86. The zero-order chi connectivity index (χ0) is 22.2. The molecule has 0 spiro atoms. The Labute approximate surface area is 184 Å². The van der Waals surface area contributed by atoms with E-state index >= 15 is 0 Å². The van der Waals surface area contributed by atoms with Crippen LogP contribution < -0.4 is 9.62 Å². The van der Waals surface area contributed by atoms with E-state index in [1.165, 1.54) is 4.31 Å². The maximum Gasteiger partial charge on any atom is 0.264 e. The molecule has 6 heteroatoms. The first-order valence-corrected chi connectivity index (χ1v) is 12.2. The second-order valence-electron chi connectivity index (χ2n) is 8.32. The first-order valence-electron chi connectivity index (χ1n) is 10.8. The predicted molar refractivity (Wildman–Crippen MR) is 125 cm³/mol. The van der Waals surface area contributed by atoms with E-state index in [0.29, 0.717) is 12.1 Å². The number of nitrogens with zero attached hydrogens (tertiary/aromatic N) is 1. The number of carbonyl (C=O) groups is 1. The third-order valence-corrected chi connectivity index (χ3v) is 8.05. The van der Waals surface area contributed by atoms with Gasteiger partial charge in [-0.1, -0.05) is 55.5 Å². The molecule has 162 valence electrons. The van der Waals surface area contributed by atoms with Crippen LogP contribution in [-0.4, -0.2) is 26.4 Å². The van der Waals surface area contributed by atoms with Gasteiger partial charge in [-0.05, 0) is 61.2 Å². The smallest absolute Gasteiger partial charge is 0.264 e. The van der Waals surface area contributed by atoms with Gasteiger partial charge < -0.3 is 5.32 Å². The quantitative estimate of drug-likeness (QED) is 0.623. The van der Waals surface area contributed by atoms with Gasteiger partial charge in [0.1, 0.15) is 0 Å². The molecule has 0 aromatic heterocycles. The molecule has 0 aliphatic carbocycles. The second kappa shape index (κ2) is 8.35. The van der Waals surface area contributed by atoms with E-state index in [9.17, 15) is 13.2 Å². The van der Waals surface area contributed by atoms with Gasteiger partial charge in [-0.25, -0.2) is 8.42 Å². The van der Waals surface area contributed by atoms with Gasteiger partial charge in [-0.3, -0.25) is 9.10 Å². The lowest BCUT2D eigenvalue weighted by Crippen LogP contribution is -2.46. The number of nitrogens with one attached hydrogen (secondary N) is 1. The van der Waals surface area contributed by atoms with Gasteiger partial charge in [0.05, 0.1) is 16.5 Å². The van der Waals surface area contributed by atoms with Gasteiger partial charge in [0.25, 0.3) is 10.0 Å². The number of hydrogen-bond acceptors (Lipinski definition) is 3. The van der Waals surface area contributed by atoms with Gasteiger partial charge in [0.15, 0.2) is 0 Å². The van der Waals surface area contributed by atoms with Crippen molar-refractivity contribution in [2.24, 2.45) is 0 Å². The first-order chi connectivity index (χ1) is 14.8. The zero-order valence-electron chi connectivity index (χ0n) is 18.1. The lowest BCUT2D eigenvalue weighted by molar-refractivity contribution is -0.123. The van der Waals surface area contributed by atoms with Crippen LogP contribution in [0, 0.1) is 0 Å². The number of sulfonamides is 1. The van der Waals surface area contributed by atoms with Crippen molar-refractivity contribution in [2.45, 2.75) is 56.5 Å². The van der Waals surface area contributed by atoms with Crippen molar-refractivity contribution in [1.82, 2.24) is 5.32 Å². The van der Waals surface area contributed by atoms with Crippen molar-refractivity contribution in [2.75, 3.05) is 4.31 Å². The van der Waals surface area contributed by atoms with E-state index in [1.54, 1.807) is 18.2 Å². The minimum Gasteiger partial charge on any atom is -0.353 e. The summed E-state index contributed by atoms with van der Waals surface area (Å²) in [5, 5.41) is 4.94. The number of fused-ring (bicyclic) bond motifs is 2. The second-order valence-corrected chi connectivity index (χ2v) is 10.1. The van der Waals surface area contributed by atoms with Gasteiger partial charge in [-0.15, -0.1) is 0 Å². The summed E-state index contributed by atoms with van der Waals surface area (Å²) in [6.07, 6.45) is 1.28. The Kier molecular flexibility index (Phi) is 5.75. The number of anilines is 1. The fraction of sp³-hybridized carbons (Fsp3) is 0.320. The lowest BCUT2D eigenvalue weighted by atomic mass is 9.86. The van der Waals surface area contributed by atoms with Crippen molar-refractivity contribution in [3.63, 3.8) is 0 Å². The molecule has 5 nitrogen and oxygen atoms in total. The predicted octanol–water partition coefficient (Wildman–Crippen LogP) is 4.83. The minimum absolute atomic E-state index is 0.0450. The monoisotopic (exact) mass is 436 g/mol. The molecule has 0 unspecified atom stereocenters. The van der Waals surface area contributed by atoms with Crippen LogP contribution in [0.4, 0.5) is 5.69 Å². The fourth-order valence-corrected chi connectivity index (χ4v) is 6.01. The Morgan fingerprint density at radius 1 is 1.06 bits per heavy atom. The van der Waals surface area contributed by atoms with Gasteiger partial charge in [0, 0.05) is 12.1 Å². The van der Waals surface area contributed by atoms with E-state index in [0.717, 1.165) is 22.8 Å². The number of amides is 1. The average molecular weight is 437 g/mol. The van der Waals surface area contributed by atoms with Crippen molar-refractivity contribution in [1.29, 1.82) is 0 Å². The normalized spacial score (nSPS) is 19.6. The summed E-state index contributed by atoms with van der Waals surface area (Å²) in [5.74, 6) is -0.417. The van der Waals surface area contributed by atoms with Crippen molar-refractivity contribution in [3.05, 3.63) is 72.3 Å². The first kappa shape index (κ1) is 21.4. The zero-order valence-corrected chi connectivity index (χ0v) is 18.9. The standard InChI is InChI=1S/C25H28N2O3S/c1-4-17(2)26-25(28)23-15-18(3)27(24-12-8-7-11-22(23)24)31(29,30)21-14-13-19-9-5-6-10-20(19)16-21/h5-14,16-18,23H,4,15H2,1-3H3,(H,26,28)/t17-,18+,23-/m0/s1. The molecular weight excluding hydrogens is 408 g/mol. The van der Waals surface area contributed by atoms with Crippen molar-refractivity contribution >= 4 is 32.4 Å². The summed E-state index contributed by atoms with van der Waals surface area (Å²) in [6.45, 7) is 5.88. The SMILES string of the molecule is CC[C@H](C)NC(=O)[C@H]1C[C@@H](C)N(S(=O)(=O)c2ccc3ccccc3c2)c2ccccc21. The van der Waals surface area contributed by atoms with E-state index in [1.807, 2.05) is 69.3 Å².